The Morgan fingerprint density at radius 3 is 2.43 bits per heavy atom. The average molecular weight is 664 g/mol. The molecule has 210 valence electrons. The van der Waals surface area contributed by atoms with Crippen LogP contribution in [-0.2, 0) is 4.79 Å². The lowest BCUT2D eigenvalue weighted by atomic mass is 9.98. The summed E-state index contributed by atoms with van der Waals surface area (Å²) in [7, 11) is 0. The van der Waals surface area contributed by atoms with Crippen molar-refractivity contribution in [2.45, 2.75) is 19.9 Å². The van der Waals surface area contributed by atoms with Gasteiger partial charge in [0.25, 0.3) is 5.56 Å². The molecule has 0 amide bonds. The van der Waals surface area contributed by atoms with Gasteiger partial charge in [0.05, 0.1) is 15.1 Å². The van der Waals surface area contributed by atoms with E-state index in [0.717, 1.165) is 10.0 Å². The number of rotatable bonds is 6. The summed E-state index contributed by atoms with van der Waals surface area (Å²) in [4.78, 5) is 43.1. The third-order valence-corrected chi connectivity index (χ3v) is 8.65. The van der Waals surface area contributed by atoms with Crippen LogP contribution in [0.4, 0.5) is 0 Å². The highest BCUT2D eigenvalue weighted by Crippen LogP contribution is 2.34. The minimum Gasteiger partial charge on any atom is -0.478 e. The summed E-state index contributed by atoms with van der Waals surface area (Å²) in [5.41, 5.74) is 1.88. The van der Waals surface area contributed by atoms with Crippen LogP contribution >= 0.6 is 38.9 Å². The van der Waals surface area contributed by atoms with Crippen LogP contribution in [0.1, 0.15) is 41.8 Å². The fraction of sp³-hybridized carbons (Fsp3) is 0.0968. The first kappa shape index (κ1) is 27.9. The van der Waals surface area contributed by atoms with Crippen LogP contribution < -0.4 is 14.9 Å². The minimum atomic E-state index is -1.15. The van der Waals surface area contributed by atoms with Crippen molar-refractivity contribution in [3.05, 3.63) is 124 Å². The third-order valence-electron chi connectivity index (χ3n) is 6.81. The second kappa shape index (κ2) is 10.9. The van der Waals surface area contributed by atoms with Crippen molar-refractivity contribution in [2.75, 3.05) is 0 Å². The molecule has 8 nitrogen and oxygen atoms in total. The van der Waals surface area contributed by atoms with Gasteiger partial charge in [0.2, 0.25) is 0 Å². The number of fused-ring (bicyclic) bond motifs is 1. The van der Waals surface area contributed by atoms with Crippen molar-refractivity contribution >= 4 is 56.7 Å². The molecule has 5 aromatic rings. The summed E-state index contributed by atoms with van der Waals surface area (Å²) in [5, 5.41) is 9.51. The highest BCUT2D eigenvalue weighted by atomic mass is 79.9. The van der Waals surface area contributed by atoms with Gasteiger partial charge in [-0.15, -0.1) is 0 Å². The fourth-order valence-corrected chi connectivity index (χ4v) is 6.36. The predicted octanol–water partition coefficient (Wildman–Crippen LogP) is 6.46. The van der Waals surface area contributed by atoms with E-state index in [1.807, 2.05) is 30.3 Å². The molecule has 2 aromatic carbocycles. The number of halogens is 2. The van der Waals surface area contributed by atoms with Gasteiger partial charge in [0, 0.05) is 32.9 Å². The van der Waals surface area contributed by atoms with E-state index in [0.29, 0.717) is 49.2 Å². The molecule has 1 N–H and O–H groups in total. The summed E-state index contributed by atoms with van der Waals surface area (Å²) in [6, 6.07) is 18.4. The molecule has 0 bridgehead atoms. The predicted molar refractivity (Wildman–Crippen MR) is 162 cm³/mol. The Bertz CT molecular complexity index is 2120. The van der Waals surface area contributed by atoms with Gasteiger partial charge in [-0.05, 0) is 68.4 Å². The molecule has 1 aliphatic rings. The topological polar surface area (TPSA) is 115 Å². The van der Waals surface area contributed by atoms with Gasteiger partial charge in [0.1, 0.15) is 29.1 Å². The minimum absolute atomic E-state index is 0.0433. The molecular formula is C31H20BrClN2O6S. The Balaban J connectivity index is 1.43. The van der Waals surface area contributed by atoms with Crippen molar-refractivity contribution < 1.29 is 23.5 Å². The number of benzene rings is 2. The molecule has 0 spiro atoms. The lowest BCUT2D eigenvalue weighted by Crippen LogP contribution is -2.39. The molecule has 0 radical (unpaired) electrons. The Hall–Kier alpha value is -4.25. The second-order valence-electron chi connectivity index (χ2n) is 9.55. The molecule has 42 heavy (non-hydrogen) atoms. The maximum Gasteiger partial charge on any atom is 0.337 e. The number of carboxylic acids is 1. The summed E-state index contributed by atoms with van der Waals surface area (Å²) in [6.45, 7) is 3.20. The van der Waals surface area contributed by atoms with Crippen LogP contribution in [-0.4, -0.2) is 21.4 Å². The number of nitrogens with zero attached hydrogens (tertiary/aromatic N) is 2. The number of aromatic nitrogens is 1. The van der Waals surface area contributed by atoms with Crippen LogP contribution in [0, 0.1) is 0 Å². The monoisotopic (exact) mass is 662 g/mol. The average Bonchev–Trinajstić information content (AvgIpc) is 3.69. The maximum atomic E-state index is 13.8. The Labute approximate surface area is 255 Å². The highest BCUT2D eigenvalue weighted by molar-refractivity contribution is 9.10. The maximum absolute atomic E-state index is 13.8. The standard InChI is InChI=1S/C31H20BrClN2O6S/c1-15-27(16(2)36)28(25-12-11-23(41-25)17-3-6-19(32)7-4-17)35-29(37)26(42-31(35)34-15)14-20-8-10-24(40-20)18-5-9-22(33)21(13-18)30(38)39/h3-14,28H,1-2H3,(H,38,39)/b26-14+/t28-/m0/s1. The number of aromatic carboxylic acids is 1. The van der Waals surface area contributed by atoms with E-state index in [4.69, 9.17) is 20.4 Å². The van der Waals surface area contributed by atoms with Gasteiger partial charge < -0.3 is 13.9 Å². The van der Waals surface area contributed by atoms with Crippen molar-refractivity contribution in [2.24, 2.45) is 4.99 Å². The third kappa shape index (κ3) is 5.02. The molecule has 3 aromatic heterocycles. The van der Waals surface area contributed by atoms with Crippen LogP contribution in [0.15, 0.2) is 101 Å². The van der Waals surface area contributed by atoms with Crippen LogP contribution in [0.3, 0.4) is 0 Å². The van der Waals surface area contributed by atoms with Crippen LogP contribution in [0.2, 0.25) is 5.02 Å². The zero-order chi connectivity index (χ0) is 29.7. The van der Waals surface area contributed by atoms with E-state index in [-0.39, 0.29) is 21.9 Å². The zero-order valence-electron chi connectivity index (χ0n) is 22.1. The van der Waals surface area contributed by atoms with Gasteiger partial charge in [-0.1, -0.05) is 51.0 Å². The Kier molecular flexibility index (Phi) is 7.22. The zero-order valence-corrected chi connectivity index (χ0v) is 25.2. The van der Waals surface area contributed by atoms with Crippen molar-refractivity contribution in [1.82, 2.24) is 4.57 Å². The second-order valence-corrected chi connectivity index (χ2v) is 11.9. The van der Waals surface area contributed by atoms with E-state index >= 15 is 0 Å². The van der Waals surface area contributed by atoms with Crippen LogP contribution in [0.25, 0.3) is 28.7 Å². The van der Waals surface area contributed by atoms with Crippen LogP contribution in [0.5, 0.6) is 0 Å². The summed E-state index contributed by atoms with van der Waals surface area (Å²) < 4.78 is 14.9. The molecule has 4 heterocycles. The number of ketones is 1. The first-order valence-corrected chi connectivity index (χ1v) is 14.6. The fourth-order valence-electron chi connectivity index (χ4n) is 4.87. The molecule has 6 rings (SSSR count). The van der Waals surface area contributed by atoms with Gasteiger partial charge >= 0.3 is 5.97 Å². The SMILES string of the molecule is CC(=O)C1=C(C)N=c2s/c(=C/c3ccc(-c4ccc(Cl)c(C(=O)O)c4)o3)c(=O)n2[C@H]1c1ccc(-c2ccc(Br)cc2)o1. The van der Waals surface area contributed by atoms with Crippen molar-refractivity contribution in [1.29, 1.82) is 0 Å². The Morgan fingerprint density at radius 2 is 1.71 bits per heavy atom. The quantitative estimate of drug-likeness (QED) is 0.223. The number of carbonyl (C=O) groups excluding carboxylic acids is 1. The van der Waals surface area contributed by atoms with E-state index in [2.05, 4.69) is 20.9 Å². The number of carboxylic acid groups (broad SMARTS) is 1. The molecule has 0 saturated heterocycles. The summed E-state index contributed by atoms with van der Waals surface area (Å²) in [6.07, 6.45) is 1.60. The highest BCUT2D eigenvalue weighted by Gasteiger charge is 2.33. The number of carbonyl (C=O) groups is 2. The van der Waals surface area contributed by atoms with Gasteiger partial charge in [-0.2, -0.15) is 0 Å². The lowest BCUT2D eigenvalue weighted by molar-refractivity contribution is -0.114. The van der Waals surface area contributed by atoms with Gasteiger partial charge in [-0.3, -0.25) is 14.2 Å². The number of hydrogen-bond donors (Lipinski definition) is 1. The number of allylic oxidation sites excluding steroid dienone is 2. The molecule has 11 heteroatoms. The number of furan rings is 2. The molecule has 0 saturated carbocycles. The van der Waals surface area contributed by atoms with E-state index < -0.39 is 12.0 Å². The number of thiazole rings is 1. The van der Waals surface area contributed by atoms with E-state index in [1.165, 1.54) is 35.0 Å². The number of Topliss-reactive ketones (excluding diaryl/α,β-unsaturated/α-hetero) is 1. The lowest BCUT2D eigenvalue weighted by Gasteiger charge is -2.22. The molecule has 1 atom stereocenters. The molecule has 0 fully saturated rings. The molecule has 1 aliphatic heterocycles. The van der Waals surface area contributed by atoms with E-state index in [9.17, 15) is 19.5 Å². The number of hydrogen-bond acceptors (Lipinski definition) is 7. The van der Waals surface area contributed by atoms with Gasteiger partial charge in [-0.25, -0.2) is 9.79 Å². The smallest absolute Gasteiger partial charge is 0.337 e. The first-order chi connectivity index (χ1) is 20.1. The summed E-state index contributed by atoms with van der Waals surface area (Å²) in [5.74, 6) is 0.487. The first-order valence-electron chi connectivity index (χ1n) is 12.6. The normalized spacial score (nSPS) is 15.0. The molecule has 0 aliphatic carbocycles. The molecule has 0 unspecified atom stereocenters. The largest absolute Gasteiger partial charge is 0.478 e. The van der Waals surface area contributed by atoms with E-state index in [1.54, 1.807) is 37.3 Å². The van der Waals surface area contributed by atoms with Gasteiger partial charge in [0.15, 0.2) is 10.6 Å². The van der Waals surface area contributed by atoms with Crippen molar-refractivity contribution in [3.63, 3.8) is 0 Å². The van der Waals surface area contributed by atoms with Crippen molar-refractivity contribution in [3.8, 4) is 22.6 Å². The summed E-state index contributed by atoms with van der Waals surface area (Å²) >= 11 is 10.6. The Morgan fingerprint density at radius 1 is 1.02 bits per heavy atom. The molecular weight excluding hydrogens is 644 g/mol.